The van der Waals surface area contributed by atoms with Crippen molar-refractivity contribution in [2.75, 3.05) is 6.54 Å². The van der Waals surface area contributed by atoms with Crippen LogP contribution in [-0.4, -0.2) is 35.4 Å². The van der Waals surface area contributed by atoms with Gasteiger partial charge in [0.2, 0.25) is 11.8 Å². The molecular formula is C18H24N2O4. The number of carbonyl (C=O) groups excluding carboxylic acids is 3. The highest BCUT2D eigenvalue weighted by atomic mass is 16.6. The zero-order valence-corrected chi connectivity index (χ0v) is 14.3. The minimum absolute atomic E-state index is 0.246. The van der Waals surface area contributed by atoms with Crippen molar-refractivity contribution in [1.82, 2.24) is 10.2 Å². The van der Waals surface area contributed by atoms with Crippen LogP contribution < -0.4 is 5.32 Å². The number of nitrogens with zero attached hydrogens (tertiary/aromatic N) is 1. The molecule has 2 aliphatic heterocycles. The Labute approximate surface area is 142 Å². The fraction of sp³-hybridized carbons (Fsp3) is 0.500. The summed E-state index contributed by atoms with van der Waals surface area (Å²) in [5.74, 6) is 0.116. The number of imide groups is 1. The maximum atomic E-state index is 11.9. The standard InChI is InChI=1S/C14H14N2O4.C4H10/c17-12-7-6-10(13(18)15-12)16-8-11(20-14(16)19)9-4-2-1-3-5-9;1-4(2)3/h1-5,10-11H,6-8H2,(H,15,17,18);4H,1-3H3. The van der Waals surface area contributed by atoms with Crippen LogP contribution in [0.1, 0.15) is 45.3 Å². The van der Waals surface area contributed by atoms with Crippen LogP contribution in [0.2, 0.25) is 0 Å². The molecule has 0 saturated carbocycles. The van der Waals surface area contributed by atoms with E-state index in [0.717, 1.165) is 11.5 Å². The number of rotatable bonds is 2. The van der Waals surface area contributed by atoms with Crippen LogP contribution in [-0.2, 0) is 14.3 Å². The van der Waals surface area contributed by atoms with Crippen molar-refractivity contribution in [1.29, 1.82) is 0 Å². The Hall–Kier alpha value is -2.37. The second-order valence-corrected chi connectivity index (χ2v) is 6.63. The molecule has 2 aliphatic rings. The van der Waals surface area contributed by atoms with Gasteiger partial charge in [0.05, 0.1) is 6.54 Å². The molecule has 3 rings (SSSR count). The average molecular weight is 332 g/mol. The molecule has 130 valence electrons. The Morgan fingerprint density at radius 3 is 2.33 bits per heavy atom. The predicted molar refractivity (Wildman–Crippen MR) is 89.1 cm³/mol. The van der Waals surface area contributed by atoms with E-state index in [0.29, 0.717) is 13.0 Å². The van der Waals surface area contributed by atoms with Crippen LogP contribution in [0, 0.1) is 5.92 Å². The van der Waals surface area contributed by atoms with E-state index in [-0.39, 0.29) is 18.4 Å². The van der Waals surface area contributed by atoms with Gasteiger partial charge in [-0.2, -0.15) is 0 Å². The largest absolute Gasteiger partial charge is 0.439 e. The lowest BCUT2D eigenvalue weighted by atomic mass is 10.0. The van der Waals surface area contributed by atoms with E-state index >= 15 is 0 Å². The molecule has 0 radical (unpaired) electrons. The predicted octanol–water partition coefficient (Wildman–Crippen LogP) is 2.65. The summed E-state index contributed by atoms with van der Waals surface area (Å²) in [6.45, 7) is 6.83. The Morgan fingerprint density at radius 2 is 1.75 bits per heavy atom. The molecule has 24 heavy (non-hydrogen) atoms. The van der Waals surface area contributed by atoms with E-state index in [2.05, 4.69) is 26.1 Å². The quantitative estimate of drug-likeness (QED) is 0.845. The van der Waals surface area contributed by atoms with E-state index < -0.39 is 18.0 Å². The summed E-state index contributed by atoms with van der Waals surface area (Å²) < 4.78 is 5.31. The minimum atomic E-state index is -0.617. The van der Waals surface area contributed by atoms with Gasteiger partial charge in [-0.25, -0.2) is 4.79 Å². The third kappa shape index (κ3) is 4.57. The molecule has 2 atom stereocenters. The van der Waals surface area contributed by atoms with Gasteiger partial charge < -0.3 is 4.74 Å². The summed E-state index contributed by atoms with van der Waals surface area (Å²) in [7, 11) is 0. The monoisotopic (exact) mass is 332 g/mol. The van der Waals surface area contributed by atoms with E-state index in [1.807, 2.05) is 30.3 Å². The molecule has 1 aromatic carbocycles. The van der Waals surface area contributed by atoms with E-state index in [4.69, 9.17) is 4.74 Å². The van der Waals surface area contributed by atoms with Crippen LogP contribution in [0.3, 0.4) is 0 Å². The highest BCUT2D eigenvalue weighted by Crippen LogP contribution is 2.29. The molecule has 3 amide bonds. The molecule has 2 heterocycles. The third-order valence-corrected chi connectivity index (χ3v) is 3.60. The van der Waals surface area contributed by atoms with Gasteiger partial charge in [-0.3, -0.25) is 19.8 Å². The van der Waals surface area contributed by atoms with Crippen molar-refractivity contribution in [2.24, 2.45) is 5.92 Å². The second-order valence-electron chi connectivity index (χ2n) is 6.63. The van der Waals surface area contributed by atoms with Crippen molar-refractivity contribution in [3.63, 3.8) is 0 Å². The summed E-state index contributed by atoms with van der Waals surface area (Å²) in [5.41, 5.74) is 0.899. The zero-order valence-electron chi connectivity index (χ0n) is 14.3. The fourth-order valence-corrected chi connectivity index (χ4v) is 2.55. The third-order valence-electron chi connectivity index (χ3n) is 3.60. The van der Waals surface area contributed by atoms with Crippen molar-refractivity contribution in [2.45, 2.75) is 45.8 Å². The lowest BCUT2D eigenvalue weighted by Gasteiger charge is -2.27. The molecule has 6 heteroatoms. The average Bonchev–Trinajstić information content (AvgIpc) is 2.89. The van der Waals surface area contributed by atoms with Crippen LogP contribution >= 0.6 is 0 Å². The number of cyclic esters (lactones) is 1. The van der Waals surface area contributed by atoms with Crippen molar-refractivity contribution in [3.05, 3.63) is 35.9 Å². The zero-order chi connectivity index (χ0) is 17.7. The molecule has 2 saturated heterocycles. The number of benzene rings is 1. The van der Waals surface area contributed by atoms with E-state index in [9.17, 15) is 14.4 Å². The first kappa shape index (κ1) is 18.0. The van der Waals surface area contributed by atoms with Crippen LogP contribution in [0.25, 0.3) is 0 Å². The van der Waals surface area contributed by atoms with Gasteiger partial charge in [0, 0.05) is 6.42 Å². The van der Waals surface area contributed by atoms with Crippen molar-refractivity contribution >= 4 is 17.9 Å². The Bertz CT molecular complexity index is 598. The van der Waals surface area contributed by atoms with Crippen molar-refractivity contribution < 1.29 is 19.1 Å². The molecular weight excluding hydrogens is 308 g/mol. The Morgan fingerprint density at radius 1 is 1.12 bits per heavy atom. The van der Waals surface area contributed by atoms with Gasteiger partial charge in [0.25, 0.3) is 0 Å². The summed E-state index contributed by atoms with van der Waals surface area (Å²) in [5, 5.41) is 2.25. The van der Waals surface area contributed by atoms with Crippen LogP contribution in [0.5, 0.6) is 0 Å². The van der Waals surface area contributed by atoms with Crippen LogP contribution in [0.15, 0.2) is 30.3 Å². The minimum Gasteiger partial charge on any atom is -0.439 e. The van der Waals surface area contributed by atoms with Gasteiger partial charge in [-0.1, -0.05) is 51.1 Å². The first-order chi connectivity index (χ1) is 11.4. The summed E-state index contributed by atoms with van der Waals surface area (Å²) in [4.78, 5) is 36.3. The highest BCUT2D eigenvalue weighted by molar-refractivity contribution is 6.01. The van der Waals surface area contributed by atoms with Gasteiger partial charge in [0.1, 0.15) is 12.1 Å². The number of piperidine rings is 1. The normalized spacial score (nSPS) is 23.5. The Kier molecular flexibility index (Phi) is 5.95. The molecule has 0 aliphatic carbocycles. The molecule has 2 unspecified atom stereocenters. The second kappa shape index (κ2) is 7.95. The number of carbonyl (C=O) groups is 3. The summed E-state index contributed by atoms with van der Waals surface area (Å²) in [6, 6.07) is 8.78. The van der Waals surface area contributed by atoms with E-state index in [1.165, 1.54) is 4.90 Å². The summed E-state index contributed by atoms with van der Waals surface area (Å²) in [6.07, 6.45) is -0.278. The highest BCUT2D eigenvalue weighted by Gasteiger charge is 2.41. The van der Waals surface area contributed by atoms with Crippen molar-refractivity contribution in [3.8, 4) is 0 Å². The van der Waals surface area contributed by atoms with Crippen LogP contribution in [0.4, 0.5) is 4.79 Å². The molecule has 2 fully saturated rings. The molecule has 0 aromatic heterocycles. The van der Waals surface area contributed by atoms with Gasteiger partial charge in [0.15, 0.2) is 0 Å². The maximum Gasteiger partial charge on any atom is 0.411 e. The molecule has 6 nitrogen and oxygen atoms in total. The lowest BCUT2D eigenvalue weighted by molar-refractivity contribution is -0.136. The lowest BCUT2D eigenvalue weighted by Crippen LogP contribution is -2.52. The number of hydrogen-bond acceptors (Lipinski definition) is 4. The molecule has 0 bridgehead atoms. The summed E-state index contributed by atoms with van der Waals surface area (Å²) >= 11 is 0. The van der Waals surface area contributed by atoms with Gasteiger partial charge in [-0.05, 0) is 17.9 Å². The maximum absolute atomic E-state index is 11.9. The number of nitrogens with one attached hydrogen (secondary N) is 1. The molecule has 0 spiro atoms. The molecule has 1 aromatic rings. The Balaban J connectivity index is 0.000000471. The first-order valence-electron chi connectivity index (χ1n) is 8.24. The van der Waals surface area contributed by atoms with Gasteiger partial charge >= 0.3 is 6.09 Å². The fourth-order valence-electron chi connectivity index (χ4n) is 2.55. The first-order valence-corrected chi connectivity index (χ1v) is 8.24. The number of ether oxygens (including phenoxy) is 1. The van der Waals surface area contributed by atoms with E-state index in [1.54, 1.807) is 0 Å². The molecule has 1 N–H and O–H groups in total. The van der Waals surface area contributed by atoms with Gasteiger partial charge in [-0.15, -0.1) is 0 Å². The number of amides is 3. The SMILES string of the molecule is CC(C)C.O=C1CCC(N2CC(c3ccccc3)OC2=O)C(=O)N1. The topological polar surface area (TPSA) is 75.7 Å². The number of hydrogen-bond donors (Lipinski definition) is 1. The smallest absolute Gasteiger partial charge is 0.411 e.